The molecule has 0 aliphatic heterocycles. The minimum absolute atomic E-state index is 0.113. The van der Waals surface area contributed by atoms with Crippen LogP contribution in [0.25, 0.3) is 0 Å². The van der Waals surface area contributed by atoms with Gasteiger partial charge in [-0.3, -0.25) is 0 Å². The van der Waals surface area contributed by atoms with E-state index >= 15 is 0 Å². The molecule has 17 heavy (non-hydrogen) atoms. The second kappa shape index (κ2) is 3.91. The number of nitriles is 1. The van der Waals surface area contributed by atoms with Gasteiger partial charge < -0.3 is 4.90 Å². The first-order valence-corrected chi connectivity index (χ1v) is 5.09. The van der Waals surface area contributed by atoms with Crippen LogP contribution in [0.2, 0.25) is 0 Å². The van der Waals surface area contributed by atoms with Crippen LogP contribution in [0.15, 0.2) is 18.3 Å². The maximum Gasteiger partial charge on any atom is 0.393 e. The van der Waals surface area contributed by atoms with Crippen LogP contribution < -0.4 is 4.90 Å². The van der Waals surface area contributed by atoms with Crippen molar-refractivity contribution in [1.82, 2.24) is 4.98 Å². The van der Waals surface area contributed by atoms with Crippen molar-refractivity contribution in [1.29, 1.82) is 5.26 Å². The van der Waals surface area contributed by atoms with Gasteiger partial charge in [0.05, 0.1) is 11.5 Å². The number of aromatic nitrogens is 1. The quantitative estimate of drug-likeness (QED) is 0.797. The van der Waals surface area contributed by atoms with Gasteiger partial charge in [-0.05, 0) is 18.6 Å². The lowest BCUT2D eigenvalue weighted by atomic mass is 10.3. The summed E-state index contributed by atoms with van der Waals surface area (Å²) in [6.07, 6.45) is -2.66. The van der Waals surface area contributed by atoms with Crippen LogP contribution in [0.5, 0.6) is 0 Å². The number of hydrogen-bond acceptors (Lipinski definition) is 3. The number of pyridine rings is 1. The summed E-state index contributed by atoms with van der Waals surface area (Å²) in [5, 5.41) is 8.58. The van der Waals surface area contributed by atoms with Gasteiger partial charge in [-0.15, -0.1) is 0 Å². The van der Waals surface area contributed by atoms with Crippen molar-refractivity contribution >= 4 is 5.82 Å². The van der Waals surface area contributed by atoms with E-state index in [1.807, 2.05) is 6.07 Å². The number of alkyl halides is 3. The summed E-state index contributed by atoms with van der Waals surface area (Å²) in [5.74, 6) is -0.800. The number of hydrogen-bond donors (Lipinski definition) is 0. The van der Waals surface area contributed by atoms with Gasteiger partial charge in [0.2, 0.25) is 0 Å². The van der Waals surface area contributed by atoms with Gasteiger partial charge in [-0.2, -0.15) is 18.4 Å². The van der Waals surface area contributed by atoms with E-state index in [4.69, 9.17) is 5.26 Å². The Morgan fingerprint density at radius 1 is 1.47 bits per heavy atom. The molecule has 0 N–H and O–H groups in total. The minimum atomic E-state index is -4.13. The molecule has 2 atom stereocenters. The minimum Gasteiger partial charge on any atom is -0.356 e. The molecule has 1 aromatic rings. The van der Waals surface area contributed by atoms with Crippen molar-refractivity contribution in [3.05, 3.63) is 23.9 Å². The van der Waals surface area contributed by atoms with E-state index < -0.39 is 18.1 Å². The largest absolute Gasteiger partial charge is 0.393 e. The number of halogens is 3. The van der Waals surface area contributed by atoms with Gasteiger partial charge in [0.1, 0.15) is 11.9 Å². The fourth-order valence-corrected chi connectivity index (χ4v) is 1.79. The molecule has 6 heteroatoms. The van der Waals surface area contributed by atoms with Crippen molar-refractivity contribution in [2.45, 2.75) is 18.6 Å². The molecular formula is C11H10F3N3. The lowest BCUT2D eigenvalue weighted by Gasteiger charge is -2.18. The molecule has 0 aromatic carbocycles. The Hall–Kier alpha value is -1.77. The maximum atomic E-state index is 12.4. The standard InChI is InChI=1S/C11H10F3N3/c1-17(9-4-8(9)11(12,13)14)10-3-2-7(5-15)6-16-10/h2-3,6,8-9H,4H2,1H3/t8-,9-/m0/s1. The van der Waals surface area contributed by atoms with Crippen molar-refractivity contribution in [3.63, 3.8) is 0 Å². The average molecular weight is 241 g/mol. The normalized spacial score (nSPS) is 23.0. The highest BCUT2D eigenvalue weighted by Crippen LogP contribution is 2.47. The summed E-state index contributed by atoms with van der Waals surface area (Å²) in [6, 6.07) is 4.48. The van der Waals surface area contributed by atoms with Crippen LogP contribution in [-0.4, -0.2) is 24.2 Å². The smallest absolute Gasteiger partial charge is 0.356 e. The molecule has 1 aliphatic carbocycles. The van der Waals surface area contributed by atoms with Gasteiger partial charge in [0.15, 0.2) is 0 Å². The summed E-state index contributed by atoms with van der Waals surface area (Å²) >= 11 is 0. The van der Waals surface area contributed by atoms with E-state index in [-0.39, 0.29) is 6.42 Å². The molecular weight excluding hydrogens is 231 g/mol. The fourth-order valence-electron chi connectivity index (χ4n) is 1.79. The Kier molecular flexibility index (Phi) is 2.69. The van der Waals surface area contributed by atoms with Crippen molar-refractivity contribution in [2.24, 2.45) is 5.92 Å². The monoisotopic (exact) mass is 241 g/mol. The summed E-state index contributed by atoms with van der Waals surface area (Å²) in [6.45, 7) is 0. The molecule has 0 radical (unpaired) electrons. The zero-order valence-electron chi connectivity index (χ0n) is 9.07. The molecule has 1 heterocycles. The Morgan fingerprint density at radius 2 is 2.18 bits per heavy atom. The molecule has 0 unspecified atom stereocenters. The third kappa shape index (κ3) is 2.33. The van der Waals surface area contributed by atoms with Crippen molar-refractivity contribution < 1.29 is 13.2 Å². The Morgan fingerprint density at radius 3 is 2.59 bits per heavy atom. The molecule has 1 saturated carbocycles. The van der Waals surface area contributed by atoms with E-state index in [1.165, 1.54) is 11.1 Å². The molecule has 1 fully saturated rings. The van der Waals surface area contributed by atoms with Crippen molar-refractivity contribution in [3.8, 4) is 6.07 Å². The zero-order valence-corrected chi connectivity index (χ0v) is 9.07. The lowest BCUT2D eigenvalue weighted by Crippen LogP contribution is -2.26. The van der Waals surface area contributed by atoms with Gasteiger partial charge in [-0.25, -0.2) is 4.98 Å². The molecule has 0 bridgehead atoms. The highest BCUT2D eigenvalue weighted by atomic mass is 19.4. The van der Waals surface area contributed by atoms with E-state index in [9.17, 15) is 13.2 Å². The summed E-state index contributed by atoms with van der Waals surface area (Å²) in [5.41, 5.74) is 0.394. The lowest BCUT2D eigenvalue weighted by molar-refractivity contribution is -0.148. The second-order valence-corrected chi connectivity index (χ2v) is 4.08. The number of rotatable bonds is 2. The molecule has 0 spiro atoms. The summed E-state index contributed by atoms with van der Waals surface area (Å²) < 4.78 is 37.2. The molecule has 3 nitrogen and oxygen atoms in total. The average Bonchev–Trinajstić information content (AvgIpc) is 3.08. The van der Waals surface area contributed by atoms with Crippen LogP contribution in [0, 0.1) is 17.2 Å². The Bertz CT molecular complexity index is 447. The van der Waals surface area contributed by atoms with E-state index in [0.29, 0.717) is 11.4 Å². The highest BCUT2D eigenvalue weighted by molar-refractivity contribution is 5.43. The second-order valence-electron chi connectivity index (χ2n) is 4.08. The van der Waals surface area contributed by atoms with Crippen LogP contribution in [0.4, 0.5) is 19.0 Å². The van der Waals surface area contributed by atoms with Crippen molar-refractivity contribution in [2.75, 3.05) is 11.9 Å². The number of nitrogens with zero attached hydrogens (tertiary/aromatic N) is 3. The molecule has 1 aromatic heterocycles. The Balaban J connectivity index is 2.07. The van der Waals surface area contributed by atoms with Crippen LogP contribution in [0.1, 0.15) is 12.0 Å². The van der Waals surface area contributed by atoms with Gasteiger partial charge in [-0.1, -0.05) is 0 Å². The molecule has 0 amide bonds. The van der Waals surface area contributed by atoms with E-state index in [2.05, 4.69) is 4.98 Å². The summed E-state index contributed by atoms with van der Waals surface area (Å²) in [7, 11) is 1.59. The Labute approximate surface area is 96.5 Å². The third-order valence-electron chi connectivity index (χ3n) is 2.91. The van der Waals surface area contributed by atoms with E-state index in [0.717, 1.165) is 0 Å². The maximum absolute atomic E-state index is 12.4. The third-order valence-corrected chi connectivity index (χ3v) is 2.91. The topological polar surface area (TPSA) is 39.9 Å². The fraction of sp³-hybridized carbons (Fsp3) is 0.455. The SMILES string of the molecule is CN(c1ccc(C#N)cn1)[C@H]1C[C@@H]1C(F)(F)F. The van der Waals surface area contributed by atoms with Crippen LogP contribution >= 0.6 is 0 Å². The van der Waals surface area contributed by atoms with Gasteiger partial charge >= 0.3 is 6.18 Å². The predicted octanol–water partition coefficient (Wildman–Crippen LogP) is 2.34. The zero-order chi connectivity index (χ0) is 12.6. The van der Waals surface area contributed by atoms with E-state index in [1.54, 1.807) is 19.2 Å². The van der Waals surface area contributed by atoms with Crippen LogP contribution in [-0.2, 0) is 0 Å². The molecule has 1 aliphatic rings. The molecule has 90 valence electrons. The first kappa shape index (κ1) is 11.7. The predicted molar refractivity (Wildman–Crippen MR) is 55.3 cm³/mol. The van der Waals surface area contributed by atoms with Crippen LogP contribution in [0.3, 0.4) is 0 Å². The van der Waals surface area contributed by atoms with Gasteiger partial charge in [0.25, 0.3) is 0 Å². The summed E-state index contributed by atoms with van der Waals surface area (Å²) in [4.78, 5) is 5.48. The molecule has 2 rings (SSSR count). The molecule has 0 saturated heterocycles. The highest BCUT2D eigenvalue weighted by Gasteiger charge is 2.57. The first-order chi connectivity index (χ1) is 7.93. The first-order valence-electron chi connectivity index (χ1n) is 5.09. The number of anilines is 1. The van der Waals surface area contributed by atoms with Gasteiger partial charge in [0, 0.05) is 19.3 Å².